The molecule has 0 spiro atoms. The molecule has 72 valence electrons. The van der Waals surface area contributed by atoms with Crippen molar-refractivity contribution in [2.24, 2.45) is 0 Å². The third-order valence-electron chi connectivity index (χ3n) is 2.50. The monoisotopic (exact) mass is 191 g/mol. The van der Waals surface area contributed by atoms with E-state index in [0.29, 0.717) is 24.9 Å². The highest BCUT2D eigenvalue weighted by Gasteiger charge is 2.29. The first-order valence-electron chi connectivity index (χ1n) is 4.39. The van der Waals surface area contributed by atoms with Gasteiger partial charge in [-0.2, -0.15) is 0 Å². The Hall–Kier alpha value is -0.0900. The van der Waals surface area contributed by atoms with Gasteiger partial charge < -0.3 is 0 Å². The topological polar surface area (TPSA) is 37.4 Å². The van der Waals surface area contributed by atoms with E-state index in [9.17, 15) is 8.42 Å². The normalized spacial score (nSPS) is 30.8. The van der Waals surface area contributed by atoms with E-state index < -0.39 is 9.84 Å². The second-order valence-electron chi connectivity index (χ2n) is 3.77. The molecule has 0 saturated carbocycles. The zero-order valence-electron chi connectivity index (χ0n) is 7.95. The summed E-state index contributed by atoms with van der Waals surface area (Å²) < 4.78 is 22.6. The summed E-state index contributed by atoms with van der Waals surface area (Å²) in [7, 11) is -2.77. The molecule has 0 aliphatic carbocycles. The van der Waals surface area contributed by atoms with Crippen LogP contribution in [0.1, 0.15) is 20.8 Å². The third kappa shape index (κ3) is 1.98. The molecular formula is C8H17NO2S. The van der Waals surface area contributed by atoms with Crippen molar-refractivity contribution in [3.05, 3.63) is 0 Å². The fourth-order valence-electron chi connectivity index (χ4n) is 1.45. The molecule has 0 aromatic rings. The lowest BCUT2D eigenvalue weighted by Gasteiger charge is -2.33. The van der Waals surface area contributed by atoms with Crippen LogP contribution >= 0.6 is 0 Å². The van der Waals surface area contributed by atoms with Gasteiger partial charge in [-0.3, -0.25) is 4.90 Å². The Kier molecular flexibility index (Phi) is 2.78. The number of sulfone groups is 1. The molecule has 1 rings (SSSR count). The third-order valence-corrected chi connectivity index (χ3v) is 4.62. The summed E-state index contributed by atoms with van der Waals surface area (Å²) in [5.74, 6) is 0.326. The first kappa shape index (κ1) is 9.99. The highest BCUT2D eigenvalue weighted by molar-refractivity contribution is 7.92. The van der Waals surface area contributed by atoms with E-state index in [1.165, 1.54) is 0 Å². The molecule has 1 aliphatic rings. The smallest absolute Gasteiger partial charge is 0.155 e. The van der Waals surface area contributed by atoms with Crippen LogP contribution in [0.3, 0.4) is 0 Å². The molecule has 1 saturated heterocycles. The van der Waals surface area contributed by atoms with Crippen LogP contribution in [0.2, 0.25) is 0 Å². The summed E-state index contributed by atoms with van der Waals surface area (Å²) in [6, 6.07) is 0.461. The molecule has 12 heavy (non-hydrogen) atoms. The Balaban J connectivity index is 2.64. The number of hydrogen-bond donors (Lipinski definition) is 0. The van der Waals surface area contributed by atoms with Gasteiger partial charge in [0.05, 0.1) is 11.0 Å². The SMILES string of the molecule is CC(C)N1CCS(=O)(=O)[C@H](C)C1. The van der Waals surface area contributed by atoms with Crippen molar-refractivity contribution >= 4 is 9.84 Å². The quantitative estimate of drug-likeness (QED) is 0.606. The molecule has 3 nitrogen and oxygen atoms in total. The van der Waals surface area contributed by atoms with Crippen LogP contribution in [0.5, 0.6) is 0 Å². The summed E-state index contributed by atoms with van der Waals surface area (Å²) >= 11 is 0. The maximum Gasteiger partial charge on any atom is 0.155 e. The van der Waals surface area contributed by atoms with Crippen molar-refractivity contribution in [2.45, 2.75) is 32.1 Å². The standard InChI is InChI=1S/C8H17NO2S/c1-7(2)9-4-5-12(10,11)8(3)6-9/h7-8H,4-6H2,1-3H3/t8-/m1/s1. The molecular weight excluding hydrogens is 174 g/mol. The van der Waals surface area contributed by atoms with Gasteiger partial charge in [0.15, 0.2) is 9.84 Å². The second-order valence-corrected chi connectivity index (χ2v) is 6.30. The van der Waals surface area contributed by atoms with Crippen molar-refractivity contribution < 1.29 is 8.42 Å². The van der Waals surface area contributed by atoms with E-state index in [-0.39, 0.29) is 5.25 Å². The summed E-state index contributed by atoms with van der Waals surface area (Å²) in [6.07, 6.45) is 0. The Bertz CT molecular complexity index is 246. The molecule has 1 aliphatic heterocycles. The lowest BCUT2D eigenvalue weighted by atomic mass is 10.3. The van der Waals surface area contributed by atoms with E-state index in [0.717, 1.165) is 0 Å². The summed E-state index contributed by atoms with van der Waals surface area (Å²) in [4.78, 5) is 2.21. The zero-order chi connectivity index (χ0) is 9.35. The molecule has 1 atom stereocenters. The lowest BCUT2D eigenvalue weighted by Crippen LogP contribution is -2.48. The van der Waals surface area contributed by atoms with Gasteiger partial charge in [-0.05, 0) is 20.8 Å². The zero-order valence-corrected chi connectivity index (χ0v) is 8.76. The summed E-state index contributed by atoms with van der Waals surface area (Å²) in [5.41, 5.74) is 0. The van der Waals surface area contributed by atoms with Crippen molar-refractivity contribution in [3.8, 4) is 0 Å². The van der Waals surface area contributed by atoms with E-state index in [4.69, 9.17) is 0 Å². The molecule has 0 aromatic heterocycles. The Morgan fingerprint density at radius 2 is 2.00 bits per heavy atom. The molecule has 0 bridgehead atoms. The van der Waals surface area contributed by atoms with Crippen molar-refractivity contribution in [2.75, 3.05) is 18.8 Å². The van der Waals surface area contributed by atoms with Gasteiger partial charge in [-0.25, -0.2) is 8.42 Å². The molecule has 0 radical (unpaired) electrons. The number of rotatable bonds is 1. The van der Waals surface area contributed by atoms with Crippen LogP contribution in [-0.2, 0) is 9.84 Å². The number of hydrogen-bond acceptors (Lipinski definition) is 3. The van der Waals surface area contributed by atoms with Gasteiger partial charge in [0, 0.05) is 19.1 Å². The Morgan fingerprint density at radius 3 is 2.42 bits per heavy atom. The second kappa shape index (κ2) is 3.34. The predicted molar refractivity (Wildman–Crippen MR) is 50.0 cm³/mol. The molecule has 0 aromatic carbocycles. The Morgan fingerprint density at radius 1 is 1.42 bits per heavy atom. The molecule has 1 fully saturated rings. The Labute approximate surface area is 74.7 Å². The molecule has 0 unspecified atom stereocenters. The minimum atomic E-state index is -2.77. The first-order valence-corrected chi connectivity index (χ1v) is 6.10. The van der Waals surface area contributed by atoms with Crippen molar-refractivity contribution in [3.63, 3.8) is 0 Å². The predicted octanol–water partition coefficient (Wildman–Crippen LogP) is 0.514. The van der Waals surface area contributed by atoms with E-state index in [1.807, 2.05) is 0 Å². The van der Waals surface area contributed by atoms with Crippen LogP contribution in [0.25, 0.3) is 0 Å². The molecule has 1 heterocycles. The fraction of sp³-hybridized carbons (Fsp3) is 1.00. The fourth-order valence-corrected chi connectivity index (χ4v) is 2.76. The molecule has 4 heteroatoms. The van der Waals surface area contributed by atoms with Crippen LogP contribution < -0.4 is 0 Å². The van der Waals surface area contributed by atoms with Gasteiger partial charge in [-0.1, -0.05) is 0 Å². The highest BCUT2D eigenvalue weighted by atomic mass is 32.2. The van der Waals surface area contributed by atoms with Crippen LogP contribution in [0, 0.1) is 0 Å². The maximum absolute atomic E-state index is 11.3. The van der Waals surface area contributed by atoms with Gasteiger partial charge in [0.1, 0.15) is 0 Å². The highest BCUT2D eigenvalue weighted by Crippen LogP contribution is 2.13. The average Bonchev–Trinajstić information content (AvgIpc) is 1.94. The average molecular weight is 191 g/mol. The summed E-state index contributed by atoms with van der Waals surface area (Å²) in [6.45, 7) is 7.39. The van der Waals surface area contributed by atoms with Gasteiger partial charge in [0.2, 0.25) is 0 Å². The van der Waals surface area contributed by atoms with Crippen LogP contribution in [-0.4, -0.2) is 43.5 Å². The van der Waals surface area contributed by atoms with Crippen LogP contribution in [0.4, 0.5) is 0 Å². The minimum Gasteiger partial charge on any atom is -0.299 e. The van der Waals surface area contributed by atoms with Crippen LogP contribution in [0.15, 0.2) is 0 Å². The van der Waals surface area contributed by atoms with E-state index in [1.54, 1.807) is 6.92 Å². The number of nitrogens with zero attached hydrogens (tertiary/aromatic N) is 1. The van der Waals surface area contributed by atoms with Gasteiger partial charge in [0.25, 0.3) is 0 Å². The minimum absolute atomic E-state index is 0.186. The van der Waals surface area contributed by atoms with Gasteiger partial charge >= 0.3 is 0 Å². The van der Waals surface area contributed by atoms with E-state index in [2.05, 4.69) is 18.7 Å². The lowest BCUT2D eigenvalue weighted by molar-refractivity contribution is 0.226. The van der Waals surface area contributed by atoms with Crippen molar-refractivity contribution in [1.29, 1.82) is 0 Å². The molecule has 0 amide bonds. The largest absolute Gasteiger partial charge is 0.299 e. The van der Waals surface area contributed by atoms with Gasteiger partial charge in [-0.15, -0.1) is 0 Å². The maximum atomic E-state index is 11.3. The van der Waals surface area contributed by atoms with E-state index >= 15 is 0 Å². The summed E-state index contributed by atoms with van der Waals surface area (Å²) in [5, 5.41) is -0.186. The first-order chi connectivity index (χ1) is 5.43. The van der Waals surface area contributed by atoms with Crippen molar-refractivity contribution in [1.82, 2.24) is 4.90 Å². The molecule has 0 N–H and O–H groups in total.